The number of hydrogen-bond acceptors (Lipinski definition) is 4. The van der Waals surface area contributed by atoms with Gasteiger partial charge in [0.05, 0.1) is 11.1 Å². The monoisotopic (exact) mass is 305 g/mol. The smallest absolute Gasteiger partial charge is 0.281 e. The molecule has 0 unspecified atom stereocenters. The summed E-state index contributed by atoms with van der Waals surface area (Å²) in [7, 11) is 0. The third-order valence-corrected chi connectivity index (χ3v) is 3.95. The van der Waals surface area contributed by atoms with Crippen molar-refractivity contribution in [3.8, 4) is 0 Å². The molecule has 2 aromatic heterocycles. The number of rotatable bonds is 1. The minimum Gasteiger partial charge on any atom is -0.369 e. The molecule has 23 heavy (non-hydrogen) atoms. The zero-order valence-corrected chi connectivity index (χ0v) is 12.7. The topological polar surface area (TPSA) is 72.2 Å². The summed E-state index contributed by atoms with van der Waals surface area (Å²) in [5, 5.41) is 4.41. The second-order valence-corrected chi connectivity index (χ2v) is 5.47. The van der Waals surface area contributed by atoms with Gasteiger partial charge in [0.25, 0.3) is 5.91 Å². The number of carbonyl (C=O) groups is 1. The Hall–Kier alpha value is -3.02. The van der Waals surface area contributed by atoms with Gasteiger partial charge in [0.15, 0.2) is 0 Å². The Labute approximate surface area is 132 Å². The van der Waals surface area contributed by atoms with Crippen molar-refractivity contribution in [2.24, 2.45) is 4.99 Å². The summed E-state index contributed by atoms with van der Waals surface area (Å²) in [5.41, 5.74) is 2.82. The number of nitrogens with one attached hydrogen (secondary N) is 1. The lowest BCUT2D eigenvalue weighted by atomic mass is 10.1. The molecule has 0 atom stereocenters. The number of aromatic nitrogens is 3. The van der Waals surface area contributed by atoms with Crippen molar-refractivity contribution in [3.05, 3.63) is 59.5 Å². The average Bonchev–Trinajstić information content (AvgIpc) is 3.07. The number of pyridine rings is 1. The number of benzene rings is 1. The van der Waals surface area contributed by atoms with Gasteiger partial charge in [-0.05, 0) is 30.7 Å². The van der Waals surface area contributed by atoms with Crippen LogP contribution in [0.2, 0.25) is 0 Å². The number of carbonyl (C=O) groups excluding carboxylic acids is 1. The highest BCUT2D eigenvalue weighted by atomic mass is 16.1. The van der Waals surface area contributed by atoms with Crippen LogP contribution in [0, 0.1) is 6.92 Å². The Bertz CT molecular complexity index is 975. The predicted octanol–water partition coefficient (Wildman–Crippen LogP) is 1.91. The van der Waals surface area contributed by atoms with Crippen LogP contribution in [0.4, 0.5) is 5.82 Å². The lowest BCUT2D eigenvalue weighted by molar-refractivity contribution is 0.0996. The second kappa shape index (κ2) is 5.31. The summed E-state index contributed by atoms with van der Waals surface area (Å²) >= 11 is 0. The fourth-order valence-corrected chi connectivity index (χ4v) is 2.82. The molecule has 6 heteroatoms. The van der Waals surface area contributed by atoms with E-state index in [0.717, 1.165) is 35.4 Å². The summed E-state index contributed by atoms with van der Waals surface area (Å²) < 4.78 is 1.95. The normalized spacial score (nSPS) is 13.9. The van der Waals surface area contributed by atoms with Gasteiger partial charge >= 0.3 is 0 Å². The Morgan fingerprint density at radius 1 is 1.30 bits per heavy atom. The summed E-state index contributed by atoms with van der Waals surface area (Å²) in [6, 6.07) is 9.48. The van der Waals surface area contributed by atoms with Crippen LogP contribution in [0.15, 0.2) is 47.7 Å². The van der Waals surface area contributed by atoms with Gasteiger partial charge in [0.1, 0.15) is 5.82 Å². The van der Waals surface area contributed by atoms with E-state index in [-0.39, 0.29) is 5.91 Å². The van der Waals surface area contributed by atoms with E-state index in [4.69, 9.17) is 0 Å². The van der Waals surface area contributed by atoms with Crippen LogP contribution >= 0.6 is 0 Å². The van der Waals surface area contributed by atoms with Gasteiger partial charge in [0, 0.05) is 30.9 Å². The fourth-order valence-electron chi connectivity index (χ4n) is 2.82. The van der Waals surface area contributed by atoms with Gasteiger partial charge in [-0.1, -0.05) is 12.1 Å². The molecule has 0 bridgehead atoms. The summed E-state index contributed by atoms with van der Waals surface area (Å²) in [4.78, 5) is 25.2. The molecule has 6 nitrogen and oxygen atoms in total. The molecule has 4 rings (SSSR count). The van der Waals surface area contributed by atoms with E-state index in [1.807, 2.05) is 29.7 Å². The summed E-state index contributed by atoms with van der Waals surface area (Å²) in [6.07, 6.45) is 3.14. The van der Waals surface area contributed by atoms with Crippen LogP contribution < -0.4 is 10.9 Å². The summed E-state index contributed by atoms with van der Waals surface area (Å²) in [6.45, 7) is 3.55. The molecular weight excluding hydrogens is 290 g/mol. The highest BCUT2D eigenvalue weighted by Gasteiger charge is 2.16. The Morgan fingerprint density at radius 3 is 3.04 bits per heavy atom. The number of aryl methyl sites for hydroxylation is 1. The number of para-hydroxylation sites is 1. The molecule has 0 saturated heterocycles. The Balaban J connectivity index is 1.96. The van der Waals surface area contributed by atoms with Crippen molar-refractivity contribution >= 4 is 22.6 Å². The van der Waals surface area contributed by atoms with Crippen molar-refractivity contribution < 1.29 is 4.79 Å². The van der Waals surface area contributed by atoms with Gasteiger partial charge in [-0.15, -0.1) is 0 Å². The van der Waals surface area contributed by atoms with Crippen LogP contribution in [0.1, 0.15) is 15.9 Å². The molecule has 0 fully saturated rings. The number of hydrogen-bond donors (Lipinski definition) is 1. The molecule has 0 aliphatic carbocycles. The molecule has 0 spiro atoms. The van der Waals surface area contributed by atoms with E-state index in [0.29, 0.717) is 11.2 Å². The maximum atomic E-state index is 12.4. The van der Waals surface area contributed by atoms with Crippen LogP contribution in [0.3, 0.4) is 0 Å². The second-order valence-electron chi connectivity index (χ2n) is 5.47. The van der Waals surface area contributed by atoms with Crippen molar-refractivity contribution in [1.29, 1.82) is 0 Å². The minimum absolute atomic E-state index is 0.333. The fraction of sp³-hybridized carbons (Fsp3) is 0.176. The molecule has 114 valence electrons. The first kappa shape index (κ1) is 13.6. The van der Waals surface area contributed by atoms with Gasteiger partial charge in [-0.3, -0.25) is 14.3 Å². The first-order valence-corrected chi connectivity index (χ1v) is 7.47. The highest BCUT2D eigenvalue weighted by Crippen LogP contribution is 2.24. The largest absolute Gasteiger partial charge is 0.369 e. The number of anilines is 1. The SMILES string of the molecule is Cc1cccc2c3n(c(=NC(=O)c4cccnc4)nc12)CCN3. The number of nitrogens with zero attached hydrogens (tertiary/aromatic N) is 4. The van der Waals surface area contributed by atoms with E-state index < -0.39 is 0 Å². The van der Waals surface area contributed by atoms with Crippen molar-refractivity contribution in [2.75, 3.05) is 11.9 Å². The maximum absolute atomic E-state index is 12.4. The van der Waals surface area contributed by atoms with E-state index >= 15 is 0 Å². The Morgan fingerprint density at radius 2 is 2.22 bits per heavy atom. The van der Waals surface area contributed by atoms with Crippen LogP contribution in [-0.4, -0.2) is 27.0 Å². The quantitative estimate of drug-likeness (QED) is 0.745. The van der Waals surface area contributed by atoms with E-state index in [9.17, 15) is 4.79 Å². The van der Waals surface area contributed by atoms with Crippen molar-refractivity contribution in [2.45, 2.75) is 13.5 Å². The van der Waals surface area contributed by atoms with E-state index in [1.54, 1.807) is 18.3 Å². The molecule has 1 aromatic carbocycles. The average molecular weight is 305 g/mol. The lowest BCUT2D eigenvalue weighted by Crippen LogP contribution is -2.25. The molecule has 3 aromatic rings. The van der Waals surface area contributed by atoms with Crippen molar-refractivity contribution in [1.82, 2.24) is 14.5 Å². The third-order valence-electron chi connectivity index (χ3n) is 3.95. The standard InChI is InChI=1S/C17H15N5O/c1-11-4-2-6-13-14(11)20-17(22-9-8-19-15(13)22)21-16(23)12-5-3-7-18-10-12/h2-7,10,19H,8-9H2,1H3. The van der Waals surface area contributed by atoms with Crippen LogP contribution in [0.25, 0.3) is 10.9 Å². The van der Waals surface area contributed by atoms with E-state index in [1.165, 1.54) is 6.20 Å². The molecule has 1 aliphatic rings. The zero-order valence-electron chi connectivity index (χ0n) is 12.7. The molecule has 1 amide bonds. The molecule has 0 radical (unpaired) electrons. The van der Waals surface area contributed by atoms with Crippen LogP contribution in [0.5, 0.6) is 0 Å². The van der Waals surface area contributed by atoms with Gasteiger partial charge in [-0.25, -0.2) is 4.98 Å². The summed E-state index contributed by atoms with van der Waals surface area (Å²) in [5.74, 6) is 0.636. The molecule has 0 saturated carbocycles. The lowest BCUT2D eigenvalue weighted by Gasteiger charge is -2.09. The maximum Gasteiger partial charge on any atom is 0.281 e. The predicted molar refractivity (Wildman–Crippen MR) is 87.1 cm³/mol. The molecular formula is C17H15N5O. The minimum atomic E-state index is -0.333. The molecule has 1 N–H and O–H groups in total. The number of amides is 1. The first-order chi connectivity index (χ1) is 11.2. The van der Waals surface area contributed by atoms with Gasteiger partial charge in [-0.2, -0.15) is 4.99 Å². The molecule has 3 heterocycles. The highest BCUT2D eigenvalue weighted by molar-refractivity contribution is 5.95. The molecule has 1 aliphatic heterocycles. The van der Waals surface area contributed by atoms with E-state index in [2.05, 4.69) is 20.3 Å². The third kappa shape index (κ3) is 2.28. The number of fused-ring (bicyclic) bond motifs is 3. The zero-order chi connectivity index (χ0) is 15.8. The van der Waals surface area contributed by atoms with Gasteiger partial charge < -0.3 is 5.32 Å². The first-order valence-electron chi connectivity index (χ1n) is 7.47. The Kier molecular flexibility index (Phi) is 3.15. The van der Waals surface area contributed by atoms with Gasteiger partial charge in [0.2, 0.25) is 5.62 Å². The van der Waals surface area contributed by atoms with Crippen LogP contribution in [-0.2, 0) is 6.54 Å². The van der Waals surface area contributed by atoms with Crippen molar-refractivity contribution in [3.63, 3.8) is 0 Å².